The van der Waals surface area contributed by atoms with Crippen molar-refractivity contribution in [2.45, 2.75) is 26.4 Å². The van der Waals surface area contributed by atoms with Crippen LogP contribution in [0, 0.1) is 0 Å². The minimum atomic E-state index is -0.217. The average Bonchev–Trinajstić information content (AvgIpc) is 2.04. The van der Waals surface area contributed by atoms with Crippen molar-refractivity contribution in [1.29, 1.82) is 0 Å². The summed E-state index contributed by atoms with van der Waals surface area (Å²) in [5.74, 6) is 0. The molecular formula is C11H15NO. The van der Waals surface area contributed by atoms with E-state index in [4.69, 9.17) is 4.84 Å². The van der Waals surface area contributed by atoms with Crippen molar-refractivity contribution in [3.63, 3.8) is 0 Å². The Hall–Kier alpha value is -1.31. The van der Waals surface area contributed by atoms with Crippen molar-refractivity contribution in [1.82, 2.24) is 0 Å². The molecule has 0 aliphatic carbocycles. The van der Waals surface area contributed by atoms with Crippen molar-refractivity contribution in [2.24, 2.45) is 5.16 Å². The van der Waals surface area contributed by atoms with Gasteiger partial charge in [-0.05, 0) is 26.3 Å². The minimum absolute atomic E-state index is 0.217. The monoisotopic (exact) mass is 177 g/mol. The summed E-state index contributed by atoms with van der Waals surface area (Å²) in [7, 11) is 0. The van der Waals surface area contributed by atoms with E-state index in [0.717, 1.165) is 5.56 Å². The van der Waals surface area contributed by atoms with Crippen LogP contribution >= 0.6 is 0 Å². The van der Waals surface area contributed by atoms with E-state index in [-0.39, 0.29) is 5.60 Å². The molecule has 0 aromatic heterocycles. The lowest BCUT2D eigenvalue weighted by Crippen LogP contribution is -2.15. The normalized spacial score (nSPS) is 11.9. The van der Waals surface area contributed by atoms with Crippen molar-refractivity contribution < 1.29 is 4.84 Å². The predicted octanol–water partition coefficient (Wildman–Crippen LogP) is 2.84. The number of benzene rings is 1. The molecule has 0 bridgehead atoms. The molecule has 0 saturated carbocycles. The molecule has 13 heavy (non-hydrogen) atoms. The molecule has 0 spiro atoms. The Morgan fingerprint density at radius 3 is 2.31 bits per heavy atom. The van der Waals surface area contributed by atoms with Gasteiger partial charge in [0.05, 0.1) is 6.21 Å². The van der Waals surface area contributed by atoms with Crippen LogP contribution < -0.4 is 0 Å². The van der Waals surface area contributed by atoms with Crippen molar-refractivity contribution >= 4 is 6.21 Å². The van der Waals surface area contributed by atoms with Crippen LogP contribution in [0.5, 0.6) is 0 Å². The van der Waals surface area contributed by atoms with Gasteiger partial charge in [-0.25, -0.2) is 0 Å². The van der Waals surface area contributed by atoms with Gasteiger partial charge in [0.1, 0.15) is 5.60 Å². The third-order valence-electron chi connectivity index (χ3n) is 1.33. The Balaban J connectivity index is 2.51. The molecule has 0 aliphatic rings. The molecule has 0 fully saturated rings. The van der Waals surface area contributed by atoms with E-state index in [0.29, 0.717) is 0 Å². The zero-order valence-electron chi connectivity index (χ0n) is 8.32. The SMILES string of the molecule is CC(C)(C)O/N=C\c1ccccc1. The van der Waals surface area contributed by atoms with Crippen molar-refractivity contribution in [2.75, 3.05) is 0 Å². The van der Waals surface area contributed by atoms with Gasteiger partial charge in [0.15, 0.2) is 0 Å². The fourth-order valence-electron chi connectivity index (χ4n) is 0.784. The largest absolute Gasteiger partial charge is 0.390 e. The Morgan fingerprint density at radius 1 is 1.15 bits per heavy atom. The molecule has 1 aromatic rings. The summed E-state index contributed by atoms with van der Waals surface area (Å²) in [5, 5.41) is 3.89. The third-order valence-corrected chi connectivity index (χ3v) is 1.33. The summed E-state index contributed by atoms with van der Waals surface area (Å²) in [6.45, 7) is 5.90. The summed E-state index contributed by atoms with van der Waals surface area (Å²) in [4.78, 5) is 5.20. The predicted molar refractivity (Wildman–Crippen MR) is 54.9 cm³/mol. The molecule has 0 radical (unpaired) electrons. The maximum atomic E-state index is 5.20. The summed E-state index contributed by atoms with van der Waals surface area (Å²) >= 11 is 0. The molecule has 0 atom stereocenters. The van der Waals surface area contributed by atoms with E-state index < -0.39 is 0 Å². The Kier molecular flexibility index (Phi) is 3.07. The lowest BCUT2D eigenvalue weighted by Gasteiger charge is -2.14. The molecular weight excluding hydrogens is 162 g/mol. The van der Waals surface area contributed by atoms with Crippen LogP contribution in [0.2, 0.25) is 0 Å². The molecule has 2 nitrogen and oxygen atoms in total. The highest BCUT2D eigenvalue weighted by Gasteiger charge is 2.08. The first kappa shape index (κ1) is 9.78. The van der Waals surface area contributed by atoms with Crippen LogP contribution in [-0.4, -0.2) is 11.8 Å². The van der Waals surface area contributed by atoms with Gasteiger partial charge in [0.25, 0.3) is 0 Å². The van der Waals surface area contributed by atoms with Crippen LogP contribution in [0.1, 0.15) is 26.3 Å². The quantitative estimate of drug-likeness (QED) is 0.503. The van der Waals surface area contributed by atoms with E-state index in [9.17, 15) is 0 Å². The minimum Gasteiger partial charge on any atom is -0.390 e. The lowest BCUT2D eigenvalue weighted by atomic mass is 10.2. The Morgan fingerprint density at radius 2 is 1.77 bits per heavy atom. The molecule has 0 unspecified atom stereocenters. The highest BCUT2D eigenvalue weighted by molar-refractivity contribution is 5.78. The molecule has 70 valence electrons. The van der Waals surface area contributed by atoms with Gasteiger partial charge in [-0.1, -0.05) is 35.5 Å². The fourth-order valence-corrected chi connectivity index (χ4v) is 0.784. The molecule has 1 aromatic carbocycles. The second-order valence-electron chi connectivity index (χ2n) is 3.85. The van der Waals surface area contributed by atoms with Crippen LogP contribution in [0.15, 0.2) is 35.5 Å². The van der Waals surface area contributed by atoms with Gasteiger partial charge in [0, 0.05) is 0 Å². The van der Waals surface area contributed by atoms with Gasteiger partial charge in [0.2, 0.25) is 0 Å². The molecule has 0 amide bonds. The molecule has 1 rings (SSSR count). The Bertz CT molecular complexity index is 272. The second-order valence-corrected chi connectivity index (χ2v) is 3.85. The number of hydrogen-bond acceptors (Lipinski definition) is 2. The van der Waals surface area contributed by atoms with Crippen LogP contribution in [0.25, 0.3) is 0 Å². The van der Waals surface area contributed by atoms with Crippen LogP contribution in [0.4, 0.5) is 0 Å². The molecule has 0 aliphatic heterocycles. The van der Waals surface area contributed by atoms with E-state index in [2.05, 4.69) is 5.16 Å². The highest BCUT2D eigenvalue weighted by Crippen LogP contribution is 2.06. The maximum Gasteiger partial charge on any atom is 0.129 e. The fraction of sp³-hybridized carbons (Fsp3) is 0.364. The number of hydrogen-bond donors (Lipinski definition) is 0. The van der Waals surface area contributed by atoms with Gasteiger partial charge >= 0.3 is 0 Å². The first-order valence-electron chi connectivity index (χ1n) is 4.34. The number of nitrogens with zero attached hydrogens (tertiary/aromatic N) is 1. The van der Waals surface area contributed by atoms with Crippen LogP contribution in [-0.2, 0) is 4.84 Å². The lowest BCUT2D eigenvalue weighted by molar-refractivity contribution is 0.00199. The van der Waals surface area contributed by atoms with Crippen molar-refractivity contribution in [3.8, 4) is 0 Å². The number of rotatable bonds is 2. The maximum absolute atomic E-state index is 5.20. The zero-order chi connectivity index (χ0) is 9.73. The van der Waals surface area contributed by atoms with Crippen LogP contribution in [0.3, 0.4) is 0 Å². The van der Waals surface area contributed by atoms with Gasteiger partial charge in [-0.15, -0.1) is 0 Å². The average molecular weight is 177 g/mol. The zero-order valence-corrected chi connectivity index (χ0v) is 8.32. The standard InChI is InChI=1S/C11H15NO/c1-11(2,3)13-12-9-10-7-5-4-6-8-10/h4-9H,1-3H3/b12-9-. The van der Waals surface area contributed by atoms with Gasteiger partial charge < -0.3 is 4.84 Å². The first-order chi connectivity index (χ1) is 6.08. The van der Waals surface area contributed by atoms with Gasteiger partial charge in [-0.3, -0.25) is 0 Å². The smallest absolute Gasteiger partial charge is 0.129 e. The summed E-state index contributed by atoms with van der Waals surface area (Å²) in [5.41, 5.74) is 0.831. The van der Waals surface area contributed by atoms with E-state index >= 15 is 0 Å². The Labute approximate surface area is 79.2 Å². The molecule has 0 heterocycles. The first-order valence-corrected chi connectivity index (χ1v) is 4.34. The number of oxime groups is 1. The second kappa shape index (κ2) is 4.08. The molecule has 0 N–H and O–H groups in total. The summed E-state index contributed by atoms with van der Waals surface area (Å²) in [6, 6.07) is 9.88. The topological polar surface area (TPSA) is 21.6 Å². The van der Waals surface area contributed by atoms with E-state index in [1.807, 2.05) is 51.1 Å². The van der Waals surface area contributed by atoms with Crippen molar-refractivity contribution in [3.05, 3.63) is 35.9 Å². The molecule has 2 heteroatoms. The molecule has 0 saturated heterocycles. The summed E-state index contributed by atoms with van der Waals surface area (Å²) in [6.07, 6.45) is 1.71. The van der Waals surface area contributed by atoms with Gasteiger partial charge in [-0.2, -0.15) is 0 Å². The highest BCUT2D eigenvalue weighted by atomic mass is 16.6. The summed E-state index contributed by atoms with van der Waals surface area (Å²) < 4.78 is 0. The van der Waals surface area contributed by atoms with E-state index in [1.165, 1.54) is 0 Å². The van der Waals surface area contributed by atoms with E-state index in [1.54, 1.807) is 6.21 Å². The third kappa shape index (κ3) is 4.31.